The third-order valence-electron chi connectivity index (χ3n) is 4.38. The summed E-state index contributed by atoms with van der Waals surface area (Å²) in [4.78, 5) is 0. The van der Waals surface area contributed by atoms with Crippen LogP contribution in [-0.4, -0.2) is 19.1 Å². The standard InChI is InChI=1S/C16H25FN2/c1-11(18)10-16(19-2)15-5-3-4-14(15)12-6-8-13(17)9-7-12/h6-9,11,14-16,19H,3-5,10,18H2,1-2H3. The molecule has 19 heavy (non-hydrogen) atoms. The Morgan fingerprint density at radius 2 is 2.00 bits per heavy atom. The highest BCUT2D eigenvalue weighted by Crippen LogP contribution is 2.42. The summed E-state index contributed by atoms with van der Waals surface area (Å²) >= 11 is 0. The lowest BCUT2D eigenvalue weighted by atomic mass is 9.82. The summed E-state index contributed by atoms with van der Waals surface area (Å²) in [7, 11) is 2.02. The van der Waals surface area contributed by atoms with Gasteiger partial charge in [-0.3, -0.25) is 0 Å². The number of halogens is 1. The average molecular weight is 264 g/mol. The minimum Gasteiger partial charge on any atom is -0.328 e. The van der Waals surface area contributed by atoms with Crippen LogP contribution >= 0.6 is 0 Å². The summed E-state index contributed by atoms with van der Waals surface area (Å²) in [6.07, 6.45) is 4.69. The molecule has 4 unspecified atom stereocenters. The van der Waals surface area contributed by atoms with Gasteiger partial charge in [0.05, 0.1) is 0 Å². The minimum atomic E-state index is -0.154. The van der Waals surface area contributed by atoms with Crippen molar-refractivity contribution < 1.29 is 4.39 Å². The molecule has 2 rings (SSSR count). The summed E-state index contributed by atoms with van der Waals surface area (Å²) in [5, 5.41) is 3.43. The molecule has 0 spiro atoms. The van der Waals surface area contributed by atoms with Gasteiger partial charge in [-0.25, -0.2) is 4.39 Å². The first-order valence-corrected chi connectivity index (χ1v) is 7.30. The van der Waals surface area contributed by atoms with E-state index in [0.29, 0.717) is 17.9 Å². The van der Waals surface area contributed by atoms with E-state index in [4.69, 9.17) is 5.73 Å². The molecule has 3 N–H and O–H groups in total. The molecule has 106 valence electrons. The molecule has 0 radical (unpaired) electrons. The van der Waals surface area contributed by atoms with E-state index in [1.54, 1.807) is 12.1 Å². The lowest BCUT2D eigenvalue weighted by Crippen LogP contribution is -2.39. The van der Waals surface area contributed by atoms with Crippen molar-refractivity contribution >= 4 is 0 Å². The second-order valence-electron chi connectivity index (χ2n) is 5.86. The van der Waals surface area contributed by atoms with E-state index in [9.17, 15) is 4.39 Å². The second kappa shape index (κ2) is 6.49. The summed E-state index contributed by atoms with van der Waals surface area (Å²) in [6, 6.07) is 7.70. The molecule has 1 aliphatic carbocycles. The van der Waals surface area contributed by atoms with Gasteiger partial charge in [0.25, 0.3) is 0 Å². The monoisotopic (exact) mass is 264 g/mol. The number of nitrogens with two attached hydrogens (primary N) is 1. The van der Waals surface area contributed by atoms with Gasteiger partial charge in [0.1, 0.15) is 5.82 Å². The van der Waals surface area contributed by atoms with Crippen molar-refractivity contribution in [3.8, 4) is 0 Å². The van der Waals surface area contributed by atoms with Crippen LogP contribution in [0.5, 0.6) is 0 Å². The zero-order valence-corrected chi connectivity index (χ0v) is 11.9. The van der Waals surface area contributed by atoms with Crippen LogP contribution in [0.3, 0.4) is 0 Å². The molecule has 1 fully saturated rings. The third kappa shape index (κ3) is 3.54. The van der Waals surface area contributed by atoms with E-state index in [-0.39, 0.29) is 11.9 Å². The topological polar surface area (TPSA) is 38.0 Å². The molecule has 1 saturated carbocycles. The maximum absolute atomic E-state index is 13.0. The highest BCUT2D eigenvalue weighted by atomic mass is 19.1. The van der Waals surface area contributed by atoms with Crippen LogP contribution in [0.4, 0.5) is 4.39 Å². The van der Waals surface area contributed by atoms with Gasteiger partial charge in [-0.05, 0) is 62.8 Å². The highest BCUT2D eigenvalue weighted by molar-refractivity contribution is 5.23. The van der Waals surface area contributed by atoms with Crippen LogP contribution in [0.2, 0.25) is 0 Å². The smallest absolute Gasteiger partial charge is 0.123 e. The minimum absolute atomic E-state index is 0.154. The van der Waals surface area contributed by atoms with E-state index < -0.39 is 0 Å². The van der Waals surface area contributed by atoms with Crippen LogP contribution < -0.4 is 11.1 Å². The highest BCUT2D eigenvalue weighted by Gasteiger charge is 2.34. The Morgan fingerprint density at radius 3 is 2.58 bits per heavy atom. The molecule has 0 heterocycles. The van der Waals surface area contributed by atoms with Crippen molar-refractivity contribution in [1.82, 2.24) is 5.32 Å². The second-order valence-corrected chi connectivity index (χ2v) is 5.86. The van der Waals surface area contributed by atoms with Crippen molar-refractivity contribution in [3.63, 3.8) is 0 Å². The average Bonchev–Trinajstić information content (AvgIpc) is 2.85. The molecule has 0 amide bonds. The maximum Gasteiger partial charge on any atom is 0.123 e. The fraction of sp³-hybridized carbons (Fsp3) is 0.625. The summed E-state index contributed by atoms with van der Waals surface area (Å²) in [6.45, 7) is 2.06. The number of rotatable bonds is 5. The first kappa shape index (κ1) is 14.5. The Labute approximate surface area is 115 Å². The molecule has 0 bridgehead atoms. The van der Waals surface area contributed by atoms with Gasteiger partial charge in [0.2, 0.25) is 0 Å². The maximum atomic E-state index is 13.0. The van der Waals surface area contributed by atoms with Gasteiger partial charge in [-0.15, -0.1) is 0 Å². The summed E-state index contributed by atoms with van der Waals surface area (Å²) < 4.78 is 13.0. The Morgan fingerprint density at radius 1 is 1.32 bits per heavy atom. The predicted molar refractivity (Wildman–Crippen MR) is 77.6 cm³/mol. The molecule has 0 aliphatic heterocycles. The van der Waals surface area contributed by atoms with Gasteiger partial charge in [-0.2, -0.15) is 0 Å². The molecule has 0 aromatic heterocycles. The molecule has 2 nitrogen and oxygen atoms in total. The number of hydrogen-bond acceptors (Lipinski definition) is 2. The normalized spacial score (nSPS) is 26.3. The van der Waals surface area contributed by atoms with Crippen LogP contribution in [0.1, 0.15) is 44.1 Å². The first-order valence-electron chi connectivity index (χ1n) is 7.30. The lowest BCUT2D eigenvalue weighted by molar-refractivity contribution is 0.317. The quantitative estimate of drug-likeness (QED) is 0.858. The molecule has 3 heteroatoms. The van der Waals surface area contributed by atoms with E-state index in [0.717, 1.165) is 6.42 Å². The van der Waals surface area contributed by atoms with Gasteiger partial charge >= 0.3 is 0 Å². The molecule has 4 atom stereocenters. The van der Waals surface area contributed by atoms with E-state index in [1.807, 2.05) is 19.2 Å². The van der Waals surface area contributed by atoms with Crippen LogP contribution in [0.15, 0.2) is 24.3 Å². The first-order chi connectivity index (χ1) is 9.11. The lowest BCUT2D eigenvalue weighted by Gasteiger charge is -2.30. The van der Waals surface area contributed by atoms with Gasteiger partial charge in [0, 0.05) is 12.1 Å². The number of hydrogen-bond donors (Lipinski definition) is 2. The van der Waals surface area contributed by atoms with E-state index in [1.165, 1.54) is 24.8 Å². The zero-order chi connectivity index (χ0) is 13.8. The van der Waals surface area contributed by atoms with E-state index >= 15 is 0 Å². The van der Waals surface area contributed by atoms with Crippen molar-refractivity contribution in [1.29, 1.82) is 0 Å². The van der Waals surface area contributed by atoms with Gasteiger partial charge in [-0.1, -0.05) is 18.6 Å². The van der Waals surface area contributed by atoms with Crippen molar-refractivity contribution in [2.75, 3.05) is 7.05 Å². The van der Waals surface area contributed by atoms with Gasteiger partial charge < -0.3 is 11.1 Å². The molecular formula is C16H25FN2. The summed E-state index contributed by atoms with van der Waals surface area (Å²) in [5.41, 5.74) is 7.22. The third-order valence-corrected chi connectivity index (χ3v) is 4.38. The van der Waals surface area contributed by atoms with Crippen LogP contribution in [0, 0.1) is 11.7 Å². The Bertz CT molecular complexity index is 388. The number of nitrogens with one attached hydrogen (secondary N) is 1. The predicted octanol–water partition coefficient (Wildman–Crippen LogP) is 3.03. The Balaban J connectivity index is 2.13. The van der Waals surface area contributed by atoms with Crippen molar-refractivity contribution in [3.05, 3.63) is 35.6 Å². The molecule has 1 aliphatic rings. The Kier molecular flexibility index (Phi) is 4.94. The largest absolute Gasteiger partial charge is 0.328 e. The zero-order valence-electron chi connectivity index (χ0n) is 11.9. The SMILES string of the molecule is CNC(CC(C)N)C1CCCC1c1ccc(F)cc1. The molecule has 1 aromatic carbocycles. The molecular weight excluding hydrogens is 239 g/mol. The Hall–Kier alpha value is -0.930. The van der Waals surface area contributed by atoms with Crippen LogP contribution in [0.25, 0.3) is 0 Å². The molecule has 0 saturated heterocycles. The molecule has 1 aromatic rings. The fourth-order valence-corrected chi connectivity index (χ4v) is 3.50. The van der Waals surface area contributed by atoms with Crippen LogP contribution in [-0.2, 0) is 0 Å². The number of benzene rings is 1. The van der Waals surface area contributed by atoms with Crippen molar-refractivity contribution in [2.45, 2.75) is 50.6 Å². The van der Waals surface area contributed by atoms with E-state index in [2.05, 4.69) is 12.2 Å². The van der Waals surface area contributed by atoms with Crippen molar-refractivity contribution in [2.24, 2.45) is 11.7 Å². The fourth-order valence-electron chi connectivity index (χ4n) is 3.50. The summed E-state index contributed by atoms with van der Waals surface area (Å²) in [5.74, 6) is 0.998. The van der Waals surface area contributed by atoms with Gasteiger partial charge in [0.15, 0.2) is 0 Å².